The molecular weight excluding hydrogens is 264 g/mol. The second-order valence-corrected chi connectivity index (χ2v) is 5.47. The first-order valence-corrected chi connectivity index (χ1v) is 7.07. The molecule has 0 bridgehead atoms. The molecule has 1 fully saturated rings. The summed E-state index contributed by atoms with van der Waals surface area (Å²) in [7, 11) is 1.82. The van der Waals surface area contributed by atoms with Crippen LogP contribution in [0.25, 0.3) is 0 Å². The Morgan fingerprint density at radius 1 is 1.42 bits per heavy atom. The minimum Gasteiger partial charge on any atom is -0.396 e. The molecule has 1 aromatic heterocycles. The van der Waals surface area contributed by atoms with Crippen molar-refractivity contribution >= 4 is 23.1 Å². The van der Waals surface area contributed by atoms with Crippen LogP contribution in [0.1, 0.15) is 26.2 Å². The summed E-state index contributed by atoms with van der Waals surface area (Å²) in [4.78, 5) is 10.5. The predicted molar refractivity (Wildman–Crippen MR) is 77.8 cm³/mol. The Morgan fingerprint density at radius 2 is 2.11 bits per heavy atom. The van der Waals surface area contributed by atoms with Crippen LogP contribution in [0.5, 0.6) is 0 Å². The maximum atomic E-state index is 9.57. The molecule has 0 aromatic carbocycles. The number of anilines is 2. The normalized spacial score (nSPS) is 18.4. The molecule has 1 aliphatic heterocycles. The number of aromatic nitrogens is 2. The van der Waals surface area contributed by atoms with E-state index in [1.165, 1.54) is 6.33 Å². The van der Waals surface area contributed by atoms with Gasteiger partial charge in [-0.3, -0.25) is 0 Å². The van der Waals surface area contributed by atoms with Crippen LogP contribution in [0.4, 0.5) is 11.5 Å². The molecule has 0 spiro atoms. The molecule has 0 atom stereocenters. The van der Waals surface area contributed by atoms with Gasteiger partial charge < -0.3 is 15.3 Å². The highest BCUT2D eigenvalue weighted by molar-refractivity contribution is 6.32. The van der Waals surface area contributed by atoms with E-state index in [2.05, 4.69) is 27.1 Å². The molecule has 0 aliphatic carbocycles. The van der Waals surface area contributed by atoms with Gasteiger partial charge in [0.05, 0.1) is 0 Å². The first-order valence-electron chi connectivity index (χ1n) is 6.70. The largest absolute Gasteiger partial charge is 0.396 e. The maximum absolute atomic E-state index is 9.57. The Morgan fingerprint density at radius 3 is 2.63 bits per heavy atom. The van der Waals surface area contributed by atoms with Crippen LogP contribution in [0.3, 0.4) is 0 Å². The molecule has 5 nitrogen and oxygen atoms in total. The van der Waals surface area contributed by atoms with Crippen LogP contribution in [-0.4, -0.2) is 41.8 Å². The van der Waals surface area contributed by atoms with Gasteiger partial charge in [-0.15, -0.1) is 0 Å². The zero-order chi connectivity index (χ0) is 13.9. The monoisotopic (exact) mass is 284 g/mol. The molecule has 1 saturated heterocycles. The molecule has 2 heterocycles. The van der Waals surface area contributed by atoms with Crippen LogP contribution < -0.4 is 10.2 Å². The van der Waals surface area contributed by atoms with E-state index in [4.69, 9.17) is 11.6 Å². The highest BCUT2D eigenvalue weighted by Gasteiger charge is 2.33. The number of hydrogen-bond acceptors (Lipinski definition) is 5. The van der Waals surface area contributed by atoms with E-state index < -0.39 is 0 Å². The summed E-state index contributed by atoms with van der Waals surface area (Å²) in [6, 6.07) is 0. The number of nitrogens with zero attached hydrogens (tertiary/aromatic N) is 3. The zero-order valence-corrected chi connectivity index (χ0v) is 12.2. The fourth-order valence-electron chi connectivity index (χ4n) is 2.63. The molecule has 19 heavy (non-hydrogen) atoms. The molecule has 1 aromatic rings. The summed E-state index contributed by atoms with van der Waals surface area (Å²) in [5, 5.41) is 13.1. The Bertz CT molecular complexity index is 427. The van der Waals surface area contributed by atoms with Crippen molar-refractivity contribution in [2.45, 2.75) is 26.2 Å². The van der Waals surface area contributed by atoms with Crippen LogP contribution in [0.2, 0.25) is 5.15 Å². The topological polar surface area (TPSA) is 61.3 Å². The third-order valence-corrected chi connectivity index (χ3v) is 4.53. The summed E-state index contributed by atoms with van der Waals surface area (Å²) in [5.74, 6) is 0.852. The van der Waals surface area contributed by atoms with Gasteiger partial charge in [-0.25, -0.2) is 9.97 Å². The number of piperidine rings is 1. The average Bonchev–Trinajstić information content (AvgIpc) is 2.47. The lowest BCUT2D eigenvalue weighted by Gasteiger charge is -2.41. The highest BCUT2D eigenvalue weighted by atomic mass is 35.5. The molecule has 0 unspecified atom stereocenters. The van der Waals surface area contributed by atoms with E-state index in [1.807, 2.05) is 7.05 Å². The van der Waals surface area contributed by atoms with Crippen LogP contribution in [0.15, 0.2) is 6.33 Å². The lowest BCUT2D eigenvalue weighted by Crippen LogP contribution is -2.42. The fourth-order valence-corrected chi connectivity index (χ4v) is 2.85. The minimum absolute atomic E-state index is 0.0765. The molecular formula is C13H21ClN4O. The van der Waals surface area contributed by atoms with Crippen molar-refractivity contribution in [3.63, 3.8) is 0 Å². The maximum Gasteiger partial charge on any atom is 0.157 e. The van der Waals surface area contributed by atoms with Gasteiger partial charge in [0.1, 0.15) is 12.0 Å². The minimum atomic E-state index is 0.0765. The Balaban J connectivity index is 2.16. The van der Waals surface area contributed by atoms with Crippen molar-refractivity contribution in [2.24, 2.45) is 5.41 Å². The zero-order valence-electron chi connectivity index (χ0n) is 11.5. The van der Waals surface area contributed by atoms with E-state index in [-0.39, 0.29) is 12.0 Å². The number of nitrogens with one attached hydrogen (secondary N) is 1. The quantitative estimate of drug-likeness (QED) is 0.830. The molecule has 0 radical (unpaired) electrons. The summed E-state index contributed by atoms with van der Waals surface area (Å²) in [6.07, 6.45) is 4.46. The summed E-state index contributed by atoms with van der Waals surface area (Å²) >= 11 is 6.08. The fraction of sp³-hybridized carbons (Fsp3) is 0.692. The van der Waals surface area contributed by atoms with Gasteiger partial charge in [0.25, 0.3) is 0 Å². The van der Waals surface area contributed by atoms with Gasteiger partial charge in [-0.1, -0.05) is 18.5 Å². The van der Waals surface area contributed by atoms with Crippen molar-refractivity contribution in [3.05, 3.63) is 11.5 Å². The van der Waals surface area contributed by atoms with E-state index in [0.717, 1.165) is 43.9 Å². The molecule has 2 rings (SSSR count). The van der Waals surface area contributed by atoms with Gasteiger partial charge >= 0.3 is 0 Å². The molecule has 1 aliphatic rings. The first kappa shape index (κ1) is 14.3. The van der Waals surface area contributed by atoms with Crippen molar-refractivity contribution in [2.75, 3.05) is 37.0 Å². The third-order valence-electron chi connectivity index (χ3n) is 4.24. The molecule has 6 heteroatoms. The van der Waals surface area contributed by atoms with E-state index in [0.29, 0.717) is 5.15 Å². The number of aliphatic hydroxyl groups is 1. The third kappa shape index (κ3) is 2.77. The summed E-state index contributed by atoms with van der Waals surface area (Å²) in [6.45, 7) is 4.18. The Kier molecular flexibility index (Phi) is 4.47. The summed E-state index contributed by atoms with van der Waals surface area (Å²) in [5.41, 5.74) is 0.852. The standard InChI is InChI=1S/C13H21ClN4O/c1-3-13(8-19)4-6-18(7-5-13)12-10(15-2)11(14)16-9-17-12/h9,15,19H,3-8H2,1-2H3. The average molecular weight is 285 g/mol. The van der Waals surface area contributed by atoms with Crippen LogP contribution in [0, 0.1) is 5.41 Å². The summed E-state index contributed by atoms with van der Waals surface area (Å²) < 4.78 is 0. The lowest BCUT2D eigenvalue weighted by molar-refractivity contribution is 0.0921. The highest BCUT2D eigenvalue weighted by Crippen LogP contribution is 2.37. The van der Waals surface area contributed by atoms with Gasteiger partial charge in [0, 0.05) is 26.7 Å². The molecule has 0 amide bonds. The number of hydrogen-bond donors (Lipinski definition) is 2. The number of aliphatic hydroxyl groups excluding tert-OH is 1. The van der Waals surface area contributed by atoms with Crippen molar-refractivity contribution in [3.8, 4) is 0 Å². The smallest absolute Gasteiger partial charge is 0.157 e. The molecule has 2 N–H and O–H groups in total. The Labute approximate surface area is 119 Å². The van der Waals surface area contributed by atoms with E-state index in [1.54, 1.807) is 0 Å². The van der Waals surface area contributed by atoms with Gasteiger partial charge in [0.2, 0.25) is 0 Å². The van der Waals surface area contributed by atoms with Gasteiger partial charge in [0.15, 0.2) is 11.0 Å². The van der Waals surface area contributed by atoms with Crippen LogP contribution in [-0.2, 0) is 0 Å². The van der Waals surface area contributed by atoms with Gasteiger partial charge in [-0.2, -0.15) is 0 Å². The molecule has 106 valence electrons. The number of halogens is 1. The van der Waals surface area contributed by atoms with E-state index in [9.17, 15) is 5.11 Å². The van der Waals surface area contributed by atoms with Crippen LogP contribution >= 0.6 is 11.6 Å². The van der Waals surface area contributed by atoms with E-state index >= 15 is 0 Å². The molecule has 0 saturated carbocycles. The second kappa shape index (κ2) is 5.92. The van der Waals surface area contributed by atoms with Crippen molar-refractivity contribution in [1.29, 1.82) is 0 Å². The van der Waals surface area contributed by atoms with Gasteiger partial charge in [-0.05, 0) is 24.7 Å². The van der Waals surface area contributed by atoms with Crippen molar-refractivity contribution in [1.82, 2.24) is 9.97 Å². The SMILES string of the molecule is CCC1(CO)CCN(c2ncnc(Cl)c2NC)CC1. The first-order chi connectivity index (χ1) is 9.15. The number of rotatable bonds is 4. The van der Waals surface area contributed by atoms with Crippen molar-refractivity contribution < 1.29 is 5.11 Å². The Hall–Kier alpha value is -1.07. The predicted octanol–water partition coefficient (Wildman–Crippen LogP) is 2.16. The lowest BCUT2D eigenvalue weighted by atomic mass is 9.77. The second-order valence-electron chi connectivity index (χ2n) is 5.11.